The van der Waals surface area contributed by atoms with Gasteiger partial charge in [-0.2, -0.15) is 0 Å². The maximum absolute atomic E-state index is 10.7. The smallest absolute Gasteiger partial charge is 0.123 e. The number of benzene rings is 3. The second kappa shape index (κ2) is 7.94. The Balaban J connectivity index is 1.85. The average Bonchev–Trinajstić information content (AvgIpc) is 2.74. The summed E-state index contributed by atoms with van der Waals surface area (Å²) < 4.78 is 0. The highest BCUT2D eigenvalue weighted by atomic mass is 16.3. The summed E-state index contributed by atoms with van der Waals surface area (Å²) in [5, 5.41) is 40.9. The van der Waals surface area contributed by atoms with Gasteiger partial charge in [0.2, 0.25) is 0 Å². The lowest BCUT2D eigenvalue weighted by Gasteiger charge is -2.33. The summed E-state index contributed by atoms with van der Waals surface area (Å²) in [6.07, 6.45) is 6.29. The van der Waals surface area contributed by atoms with Crippen LogP contribution in [0.2, 0.25) is 0 Å². The molecule has 1 fully saturated rings. The summed E-state index contributed by atoms with van der Waals surface area (Å²) in [6.45, 7) is 1.93. The minimum Gasteiger partial charge on any atom is -0.508 e. The highest BCUT2D eigenvalue weighted by molar-refractivity contribution is 5.59. The minimum absolute atomic E-state index is 0.0267. The van der Waals surface area contributed by atoms with Crippen LogP contribution in [-0.4, -0.2) is 20.4 Å². The summed E-state index contributed by atoms with van der Waals surface area (Å²) in [6, 6.07) is 17.4. The minimum atomic E-state index is -0.888. The van der Waals surface area contributed by atoms with E-state index >= 15 is 0 Å². The Kier molecular flexibility index (Phi) is 5.33. The first-order valence-corrected chi connectivity index (χ1v) is 10.5. The summed E-state index contributed by atoms with van der Waals surface area (Å²) in [5.74, 6) is 0.424. The molecule has 0 heterocycles. The molecule has 0 aliphatic heterocycles. The number of rotatable bonds is 4. The Labute approximate surface area is 177 Å². The van der Waals surface area contributed by atoms with Crippen molar-refractivity contribution in [2.75, 3.05) is 0 Å². The van der Waals surface area contributed by atoms with E-state index in [1.807, 2.05) is 6.92 Å². The lowest BCUT2D eigenvalue weighted by atomic mass is 9.70. The molecule has 4 N–H and O–H groups in total. The van der Waals surface area contributed by atoms with Gasteiger partial charge in [0.25, 0.3) is 0 Å². The molecule has 3 aromatic carbocycles. The highest BCUT2D eigenvalue weighted by Gasteiger charge is 2.36. The number of aromatic hydroxyl groups is 4. The normalized spacial score (nSPS) is 15.2. The third-order valence-corrected chi connectivity index (χ3v) is 6.60. The van der Waals surface area contributed by atoms with Crippen molar-refractivity contribution in [3.8, 4) is 23.0 Å². The lowest BCUT2D eigenvalue weighted by molar-refractivity contribution is 0.427. The molecule has 0 radical (unpaired) electrons. The van der Waals surface area contributed by atoms with Crippen LogP contribution in [0.3, 0.4) is 0 Å². The van der Waals surface area contributed by atoms with Gasteiger partial charge in [-0.05, 0) is 48.9 Å². The van der Waals surface area contributed by atoms with Gasteiger partial charge in [-0.3, -0.25) is 0 Å². The molecule has 0 atom stereocenters. The van der Waals surface area contributed by atoms with Crippen molar-refractivity contribution in [2.24, 2.45) is 0 Å². The molecule has 1 aliphatic carbocycles. The van der Waals surface area contributed by atoms with Crippen LogP contribution in [0.5, 0.6) is 23.0 Å². The zero-order valence-corrected chi connectivity index (χ0v) is 17.2. The zero-order valence-electron chi connectivity index (χ0n) is 17.2. The van der Waals surface area contributed by atoms with Crippen LogP contribution in [0.15, 0.2) is 60.7 Å². The van der Waals surface area contributed by atoms with Crippen LogP contribution in [0, 0.1) is 0 Å². The summed E-state index contributed by atoms with van der Waals surface area (Å²) in [7, 11) is 0. The molecule has 4 rings (SSSR count). The maximum Gasteiger partial charge on any atom is 0.123 e. The van der Waals surface area contributed by atoms with Crippen molar-refractivity contribution >= 4 is 0 Å². The number of hydrogen-bond donors (Lipinski definition) is 4. The summed E-state index contributed by atoms with van der Waals surface area (Å²) in [5.41, 5.74) is 2.47. The molecule has 1 saturated carbocycles. The molecule has 0 amide bonds. The molecule has 1 aliphatic rings. The van der Waals surface area contributed by atoms with Crippen molar-refractivity contribution in [1.29, 1.82) is 0 Å². The van der Waals surface area contributed by atoms with E-state index < -0.39 is 5.41 Å². The predicted molar refractivity (Wildman–Crippen MR) is 117 cm³/mol. The fourth-order valence-electron chi connectivity index (χ4n) is 4.87. The Hall–Kier alpha value is -3.14. The van der Waals surface area contributed by atoms with Crippen molar-refractivity contribution < 1.29 is 20.4 Å². The quantitative estimate of drug-likeness (QED) is 0.408. The third kappa shape index (κ3) is 3.58. The van der Waals surface area contributed by atoms with Gasteiger partial charge in [-0.15, -0.1) is 0 Å². The van der Waals surface area contributed by atoms with Gasteiger partial charge >= 0.3 is 0 Å². The van der Waals surface area contributed by atoms with Gasteiger partial charge in [0.05, 0.1) is 0 Å². The fraction of sp³-hybridized carbons (Fsp3) is 0.308. The first-order valence-electron chi connectivity index (χ1n) is 10.5. The summed E-state index contributed by atoms with van der Waals surface area (Å²) >= 11 is 0. The number of phenolic OH excluding ortho intramolecular Hbond substituents is 4. The van der Waals surface area contributed by atoms with E-state index in [1.165, 1.54) is 61.9 Å². The van der Waals surface area contributed by atoms with E-state index in [2.05, 4.69) is 24.3 Å². The van der Waals surface area contributed by atoms with Crippen LogP contribution in [0.25, 0.3) is 0 Å². The van der Waals surface area contributed by atoms with Gasteiger partial charge < -0.3 is 20.4 Å². The molecule has 4 nitrogen and oxygen atoms in total. The van der Waals surface area contributed by atoms with Crippen molar-refractivity contribution in [3.05, 3.63) is 82.9 Å². The van der Waals surface area contributed by atoms with Gasteiger partial charge in [0, 0.05) is 28.7 Å². The first kappa shape index (κ1) is 20.1. The van der Waals surface area contributed by atoms with Crippen molar-refractivity contribution in [2.45, 2.75) is 50.4 Å². The molecule has 0 unspecified atom stereocenters. The lowest BCUT2D eigenvalue weighted by Crippen LogP contribution is -2.25. The molecular formula is C26H28O4. The van der Waals surface area contributed by atoms with Crippen LogP contribution in [-0.2, 0) is 5.41 Å². The van der Waals surface area contributed by atoms with Crippen LogP contribution < -0.4 is 0 Å². The van der Waals surface area contributed by atoms with E-state index in [0.717, 1.165) is 5.56 Å². The largest absolute Gasteiger partial charge is 0.508 e. The molecule has 30 heavy (non-hydrogen) atoms. The van der Waals surface area contributed by atoms with Gasteiger partial charge in [-0.1, -0.05) is 55.7 Å². The third-order valence-electron chi connectivity index (χ3n) is 6.60. The van der Waals surface area contributed by atoms with E-state index in [4.69, 9.17) is 0 Å². The van der Waals surface area contributed by atoms with E-state index in [0.29, 0.717) is 17.0 Å². The van der Waals surface area contributed by atoms with Crippen molar-refractivity contribution in [1.82, 2.24) is 0 Å². The monoisotopic (exact) mass is 404 g/mol. The van der Waals surface area contributed by atoms with Gasteiger partial charge in [0.15, 0.2) is 0 Å². The second-order valence-corrected chi connectivity index (χ2v) is 8.48. The highest BCUT2D eigenvalue weighted by Crippen LogP contribution is 2.47. The van der Waals surface area contributed by atoms with Gasteiger partial charge in [-0.25, -0.2) is 0 Å². The molecular weight excluding hydrogens is 376 g/mol. The van der Waals surface area contributed by atoms with Crippen LogP contribution in [0.4, 0.5) is 0 Å². The Bertz CT molecular complexity index is 982. The molecule has 0 bridgehead atoms. The Morgan fingerprint density at radius 3 is 1.63 bits per heavy atom. The molecule has 0 saturated heterocycles. The SMILES string of the molecule is CC(c1ccc(C2CCCCC2)cc1)(c1ccc(O)cc1O)c1ccc(O)cc1O. The number of hydrogen-bond acceptors (Lipinski definition) is 4. The average molecular weight is 405 g/mol. The zero-order chi connectivity index (χ0) is 21.3. The van der Waals surface area contributed by atoms with Crippen molar-refractivity contribution in [3.63, 3.8) is 0 Å². The van der Waals surface area contributed by atoms with Gasteiger partial charge in [0.1, 0.15) is 23.0 Å². The standard InChI is InChI=1S/C26H28O4/c1-26(22-13-11-20(27)15-24(22)29,23-14-12-21(28)16-25(23)30)19-9-7-18(8-10-19)17-5-3-2-4-6-17/h7-17,27-30H,2-6H2,1H3. The van der Waals surface area contributed by atoms with Crippen LogP contribution >= 0.6 is 0 Å². The first-order chi connectivity index (χ1) is 14.4. The molecule has 0 aromatic heterocycles. The van der Waals surface area contributed by atoms with E-state index in [-0.39, 0.29) is 23.0 Å². The molecule has 156 valence electrons. The fourth-order valence-corrected chi connectivity index (χ4v) is 4.87. The number of phenols is 4. The maximum atomic E-state index is 10.7. The summed E-state index contributed by atoms with van der Waals surface area (Å²) in [4.78, 5) is 0. The predicted octanol–water partition coefficient (Wildman–Crippen LogP) is 5.91. The van der Waals surface area contributed by atoms with Crippen LogP contribution in [0.1, 0.15) is 67.2 Å². The molecule has 3 aromatic rings. The molecule has 4 heteroatoms. The Morgan fingerprint density at radius 1 is 0.667 bits per heavy atom. The molecule has 0 spiro atoms. The Morgan fingerprint density at radius 2 is 1.17 bits per heavy atom. The topological polar surface area (TPSA) is 80.9 Å². The van der Waals surface area contributed by atoms with E-state index in [9.17, 15) is 20.4 Å². The van der Waals surface area contributed by atoms with E-state index in [1.54, 1.807) is 12.1 Å². The second-order valence-electron chi connectivity index (χ2n) is 8.48.